The van der Waals surface area contributed by atoms with Crippen LogP contribution in [0.5, 0.6) is 0 Å². The lowest BCUT2D eigenvalue weighted by Gasteiger charge is -2.02. The normalized spacial score (nSPS) is 10.3. The number of aromatic amines is 1. The maximum Gasteiger partial charge on any atom is 0.356 e. The Morgan fingerprint density at radius 1 is 1.40 bits per heavy atom. The SMILES string of the molecule is CCOC(=O)c1cc(Nc2nc(Cl)nc(CC)n2)n[nH]1. The highest BCUT2D eigenvalue weighted by Crippen LogP contribution is 2.13. The molecule has 2 rings (SSSR count). The van der Waals surface area contributed by atoms with Crippen molar-refractivity contribution in [2.75, 3.05) is 11.9 Å². The van der Waals surface area contributed by atoms with Crippen molar-refractivity contribution in [3.63, 3.8) is 0 Å². The summed E-state index contributed by atoms with van der Waals surface area (Å²) < 4.78 is 4.85. The summed E-state index contributed by atoms with van der Waals surface area (Å²) in [7, 11) is 0. The van der Waals surface area contributed by atoms with Gasteiger partial charge in [-0.1, -0.05) is 6.92 Å². The summed E-state index contributed by atoms with van der Waals surface area (Å²) in [6.07, 6.45) is 0.631. The molecular weight excluding hydrogens is 284 g/mol. The van der Waals surface area contributed by atoms with Gasteiger partial charge in [0.05, 0.1) is 6.61 Å². The van der Waals surface area contributed by atoms with Crippen molar-refractivity contribution in [2.45, 2.75) is 20.3 Å². The van der Waals surface area contributed by atoms with Crippen molar-refractivity contribution in [1.29, 1.82) is 0 Å². The second kappa shape index (κ2) is 6.29. The summed E-state index contributed by atoms with van der Waals surface area (Å²) in [5, 5.41) is 9.42. The van der Waals surface area contributed by atoms with Crippen LogP contribution in [0.15, 0.2) is 6.07 Å². The minimum absolute atomic E-state index is 0.0977. The van der Waals surface area contributed by atoms with Crippen LogP contribution in [0.25, 0.3) is 0 Å². The van der Waals surface area contributed by atoms with Crippen LogP contribution >= 0.6 is 11.6 Å². The molecule has 0 amide bonds. The standard InChI is InChI=1S/C11H13ClN6O2/c1-3-7-13-10(12)16-11(14-7)15-8-5-6(17-18-8)9(19)20-4-2/h5H,3-4H2,1-2H3,(H2,13,14,15,16,17,18). The van der Waals surface area contributed by atoms with Gasteiger partial charge in [0.1, 0.15) is 11.5 Å². The summed E-state index contributed by atoms with van der Waals surface area (Å²) in [5.74, 6) is 0.741. The van der Waals surface area contributed by atoms with Gasteiger partial charge in [0.15, 0.2) is 5.82 Å². The number of nitrogens with zero attached hydrogens (tertiary/aromatic N) is 4. The second-order valence-corrected chi connectivity index (χ2v) is 4.05. The van der Waals surface area contributed by atoms with Crippen LogP contribution < -0.4 is 5.32 Å². The molecule has 0 unspecified atom stereocenters. The Hall–Kier alpha value is -2.22. The highest BCUT2D eigenvalue weighted by Gasteiger charge is 2.12. The average Bonchev–Trinajstić information content (AvgIpc) is 2.87. The van der Waals surface area contributed by atoms with Crippen molar-refractivity contribution >= 4 is 29.3 Å². The minimum Gasteiger partial charge on any atom is -0.461 e. The summed E-state index contributed by atoms with van der Waals surface area (Å²) in [5.41, 5.74) is 0.241. The van der Waals surface area contributed by atoms with Crippen molar-refractivity contribution in [3.05, 3.63) is 22.9 Å². The summed E-state index contributed by atoms with van der Waals surface area (Å²) in [4.78, 5) is 23.5. The summed E-state index contributed by atoms with van der Waals surface area (Å²) >= 11 is 5.79. The van der Waals surface area contributed by atoms with E-state index in [0.29, 0.717) is 24.7 Å². The third kappa shape index (κ3) is 3.41. The number of hydrogen-bond donors (Lipinski definition) is 2. The molecule has 0 aliphatic heterocycles. The van der Waals surface area contributed by atoms with Gasteiger partial charge < -0.3 is 10.1 Å². The zero-order valence-electron chi connectivity index (χ0n) is 11.0. The number of carbonyl (C=O) groups is 1. The number of aryl methyl sites for hydroxylation is 1. The maximum atomic E-state index is 11.5. The van der Waals surface area contributed by atoms with E-state index in [4.69, 9.17) is 16.3 Å². The van der Waals surface area contributed by atoms with Gasteiger partial charge in [0.2, 0.25) is 11.2 Å². The highest BCUT2D eigenvalue weighted by molar-refractivity contribution is 6.28. The molecule has 2 heterocycles. The Morgan fingerprint density at radius 3 is 2.90 bits per heavy atom. The fraction of sp³-hybridized carbons (Fsp3) is 0.364. The zero-order valence-corrected chi connectivity index (χ0v) is 11.7. The van der Waals surface area contributed by atoms with Gasteiger partial charge in [-0.2, -0.15) is 15.1 Å². The lowest BCUT2D eigenvalue weighted by Crippen LogP contribution is -2.04. The zero-order chi connectivity index (χ0) is 14.5. The number of esters is 1. The quantitative estimate of drug-likeness (QED) is 0.809. The van der Waals surface area contributed by atoms with E-state index in [1.54, 1.807) is 6.92 Å². The molecule has 8 nitrogen and oxygen atoms in total. The molecule has 0 fully saturated rings. The number of ether oxygens (including phenoxy) is 1. The van der Waals surface area contributed by atoms with Gasteiger partial charge in [-0.05, 0) is 18.5 Å². The van der Waals surface area contributed by atoms with Gasteiger partial charge in [0.25, 0.3) is 0 Å². The molecular formula is C11H13ClN6O2. The number of H-pyrrole nitrogens is 1. The Kier molecular flexibility index (Phi) is 4.46. The molecule has 20 heavy (non-hydrogen) atoms. The first kappa shape index (κ1) is 14.2. The lowest BCUT2D eigenvalue weighted by molar-refractivity contribution is 0.0519. The number of hydrogen-bond acceptors (Lipinski definition) is 7. The summed E-state index contributed by atoms with van der Waals surface area (Å²) in [6.45, 7) is 3.93. The van der Waals surface area contributed by atoms with Crippen LogP contribution in [0.2, 0.25) is 5.28 Å². The van der Waals surface area contributed by atoms with Crippen LogP contribution in [0.4, 0.5) is 11.8 Å². The van der Waals surface area contributed by atoms with E-state index in [1.807, 2.05) is 6.92 Å². The van der Waals surface area contributed by atoms with Gasteiger partial charge in [-0.15, -0.1) is 0 Å². The van der Waals surface area contributed by atoms with Gasteiger partial charge in [-0.25, -0.2) is 9.78 Å². The molecule has 106 valence electrons. The van der Waals surface area contributed by atoms with Crippen LogP contribution in [-0.4, -0.2) is 37.7 Å². The predicted molar refractivity (Wildman–Crippen MR) is 72.0 cm³/mol. The van der Waals surface area contributed by atoms with E-state index in [0.717, 1.165) is 0 Å². The Balaban J connectivity index is 2.14. The molecule has 0 spiro atoms. The third-order valence-corrected chi connectivity index (χ3v) is 2.45. The Morgan fingerprint density at radius 2 is 2.20 bits per heavy atom. The van der Waals surface area contributed by atoms with Gasteiger partial charge in [0, 0.05) is 12.5 Å². The van der Waals surface area contributed by atoms with Crippen molar-refractivity contribution in [2.24, 2.45) is 0 Å². The molecule has 2 aromatic rings. The fourth-order valence-electron chi connectivity index (χ4n) is 1.42. The van der Waals surface area contributed by atoms with E-state index >= 15 is 0 Å². The second-order valence-electron chi connectivity index (χ2n) is 3.71. The van der Waals surface area contributed by atoms with Crippen molar-refractivity contribution in [1.82, 2.24) is 25.1 Å². The fourth-order valence-corrected chi connectivity index (χ4v) is 1.60. The highest BCUT2D eigenvalue weighted by atomic mass is 35.5. The Labute approximate surface area is 119 Å². The first-order valence-corrected chi connectivity index (χ1v) is 6.40. The number of anilines is 2. The number of rotatable bonds is 5. The molecule has 0 atom stereocenters. The number of nitrogens with one attached hydrogen (secondary N) is 2. The smallest absolute Gasteiger partial charge is 0.356 e. The van der Waals surface area contributed by atoms with Crippen LogP contribution in [0.1, 0.15) is 30.2 Å². The Bertz CT molecular complexity index is 615. The molecule has 2 aromatic heterocycles. The van der Waals surface area contributed by atoms with Crippen LogP contribution in [0.3, 0.4) is 0 Å². The van der Waals surface area contributed by atoms with Crippen LogP contribution in [0, 0.1) is 0 Å². The van der Waals surface area contributed by atoms with Crippen molar-refractivity contribution in [3.8, 4) is 0 Å². The van der Waals surface area contributed by atoms with E-state index in [1.165, 1.54) is 6.07 Å². The number of carbonyl (C=O) groups excluding carboxylic acids is 1. The molecule has 2 N–H and O–H groups in total. The lowest BCUT2D eigenvalue weighted by atomic mass is 10.4. The molecule has 0 saturated carbocycles. The molecule has 0 aromatic carbocycles. The van der Waals surface area contributed by atoms with E-state index in [9.17, 15) is 4.79 Å². The monoisotopic (exact) mass is 296 g/mol. The first-order valence-electron chi connectivity index (χ1n) is 6.02. The molecule has 0 aliphatic carbocycles. The van der Waals surface area contributed by atoms with Crippen molar-refractivity contribution < 1.29 is 9.53 Å². The van der Waals surface area contributed by atoms with E-state index in [-0.39, 0.29) is 16.9 Å². The number of aromatic nitrogens is 5. The molecule has 0 saturated heterocycles. The third-order valence-electron chi connectivity index (χ3n) is 2.28. The molecule has 0 aliphatic rings. The van der Waals surface area contributed by atoms with E-state index in [2.05, 4.69) is 30.5 Å². The molecule has 9 heteroatoms. The minimum atomic E-state index is -0.476. The van der Waals surface area contributed by atoms with E-state index < -0.39 is 5.97 Å². The largest absolute Gasteiger partial charge is 0.461 e. The topological polar surface area (TPSA) is 106 Å². The maximum absolute atomic E-state index is 11.5. The summed E-state index contributed by atoms with van der Waals surface area (Å²) in [6, 6.07) is 1.50. The number of halogens is 1. The van der Waals surface area contributed by atoms with Crippen LogP contribution in [-0.2, 0) is 11.2 Å². The first-order chi connectivity index (χ1) is 9.62. The predicted octanol–water partition coefficient (Wildman–Crippen LogP) is 1.73. The molecule has 0 bridgehead atoms. The molecule has 0 radical (unpaired) electrons. The average molecular weight is 297 g/mol. The van der Waals surface area contributed by atoms with Gasteiger partial charge >= 0.3 is 5.97 Å². The van der Waals surface area contributed by atoms with Gasteiger partial charge in [-0.3, -0.25) is 5.10 Å².